The van der Waals surface area contributed by atoms with Crippen molar-refractivity contribution in [1.82, 2.24) is 4.98 Å². The van der Waals surface area contributed by atoms with Crippen molar-refractivity contribution in [2.24, 2.45) is 0 Å². The molecule has 0 radical (unpaired) electrons. The van der Waals surface area contributed by atoms with Gasteiger partial charge in [0.1, 0.15) is 5.82 Å². The molecule has 1 rings (SSSR count). The standard InChI is InChI=1S/C6H8N2O2/c7-5-4(6(9)10)2-1-3-8-5/h1-3,6,9-10H,(H2,7,8). The molecule has 1 heterocycles. The average Bonchev–Trinajstić information content (AvgIpc) is 1.88. The third kappa shape index (κ3) is 1.23. The molecule has 4 N–H and O–H groups in total. The number of rotatable bonds is 1. The number of nitrogens with zero attached hydrogens (tertiary/aromatic N) is 1. The van der Waals surface area contributed by atoms with Crippen LogP contribution in [0.4, 0.5) is 5.82 Å². The van der Waals surface area contributed by atoms with E-state index >= 15 is 0 Å². The van der Waals surface area contributed by atoms with Crippen LogP contribution in [0.2, 0.25) is 0 Å². The Bertz CT molecular complexity index is 225. The van der Waals surface area contributed by atoms with Gasteiger partial charge in [0.05, 0.1) is 0 Å². The summed E-state index contributed by atoms with van der Waals surface area (Å²) in [5.74, 6) is 0.150. The van der Waals surface area contributed by atoms with E-state index in [2.05, 4.69) is 4.98 Å². The average molecular weight is 140 g/mol. The van der Waals surface area contributed by atoms with Crippen LogP contribution in [-0.4, -0.2) is 15.2 Å². The zero-order valence-electron chi connectivity index (χ0n) is 5.23. The molecule has 0 saturated heterocycles. The van der Waals surface area contributed by atoms with Crippen molar-refractivity contribution >= 4 is 5.82 Å². The molecule has 1 aromatic rings. The minimum atomic E-state index is -1.53. The molecular formula is C6H8N2O2. The Labute approximate surface area is 57.9 Å². The summed E-state index contributed by atoms with van der Waals surface area (Å²) >= 11 is 0. The first kappa shape index (κ1) is 6.98. The molecule has 0 amide bonds. The van der Waals surface area contributed by atoms with E-state index < -0.39 is 6.29 Å². The number of hydrogen-bond acceptors (Lipinski definition) is 4. The second-order valence-electron chi connectivity index (χ2n) is 1.85. The molecule has 0 atom stereocenters. The van der Waals surface area contributed by atoms with Gasteiger partial charge in [-0.1, -0.05) is 0 Å². The zero-order valence-corrected chi connectivity index (χ0v) is 5.23. The predicted molar refractivity (Wildman–Crippen MR) is 35.8 cm³/mol. The molecule has 4 nitrogen and oxygen atoms in total. The highest BCUT2D eigenvalue weighted by Gasteiger charge is 2.05. The Balaban J connectivity index is 3.03. The van der Waals surface area contributed by atoms with Crippen LogP contribution in [0.1, 0.15) is 11.9 Å². The smallest absolute Gasteiger partial charge is 0.182 e. The van der Waals surface area contributed by atoms with Crippen LogP contribution in [0.5, 0.6) is 0 Å². The number of aromatic nitrogens is 1. The van der Waals surface area contributed by atoms with Crippen molar-refractivity contribution in [3.8, 4) is 0 Å². The fraction of sp³-hybridized carbons (Fsp3) is 0.167. The van der Waals surface area contributed by atoms with Crippen molar-refractivity contribution in [2.45, 2.75) is 6.29 Å². The SMILES string of the molecule is Nc1ncccc1C(O)O. The van der Waals surface area contributed by atoms with Gasteiger partial charge in [0.15, 0.2) is 6.29 Å². The molecule has 0 aliphatic heterocycles. The van der Waals surface area contributed by atoms with E-state index in [9.17, 15) is 0 Å². The van der Waals surface area contributed by atoms with E-state index in [1.54, 1.807) is 6.07 Å². The van der Waals surface area contributed by atoms with Crippen molar-refractivity contribution < 1.29 is 10.2 Å². The van der Waals surface area contributed by atoms with E-state index in [4.69, 9.17) is 15.9 Å². The van der Waals surface area contributed by atoms with Crippen molar-refractivity contribution in [2.75, 3.05) is 5.73 Å². The zero-order chi connectivity index (χ0) is 7.56. The lowest BCUT2D eigenvalue weighted by Gasteiger charge is -2.04. The number of aliphatic hydroxyl groups excluding tert-OH is 1. The normalized spacial score (nSPS) is 10.3. The van der Waals surface area contributed by atoms with E-state index in [1.165, 1.54) is 12.3 Å². The molecule has 0 aliphatic rings. The van der Waals surface area contributed by atoms with Crippen LogP contribution in [0.25, 0.3) is 0 Å². The van der Waals surface area contributed by atoms with Gasteiger partial charge in [0.2, 0.25) is 0 Å². The van der Waals surface area contributed by atoms with Gasteiger partial charge in [-0.3, -0.25) is 0 Å². The molecule has 1 aromatic heterocycles. The Kier molecular flexibility index (Phi) is 1.84. The van der Waals surface area contributed by atoms with Gasteiger partial charge in [0.25, 0.3) is 0 Å². The highest BCUT2D eigenvalue weighted by Crippen LogP contribution is 2.13. The molecular weight excluding hydrogens is 132 g/mol. The van der Waals surface area contributed by atoms with E-state index in [1.807, 2.05) is 0 Å². The van der Waals surface area contributed by atoms with Gasteiger partial charge in [0, 0.05) is 11.8 Å². The summed E-state index contributed by atoms with van der Waals surface area (Å²) < 4.78 is 0. The summed E-state index contributed by atoms with van der Waals surface area (Å²) in [4.78, 5) is 3.66. The summed E-state index contributed by atoms with van der Waals surface area (Å²) in [6.07, 6.45) is -0.0463. The Morgan fingerprint density at radius 3 is 2.60 bits per heavy atom. The van der Waals surface area contributed by atoms with Crippen LogP contribution in [0.15, 0.2) is 18.3 Å². The highest BCUT2D eigenvalue weighted by molar-refractivity contribution is 5.38. The largest absolute Gasteiger partial charge is 0.383 e. The summed E-state index contributed by atoms with van der Waals surface area (Å²) in [7, 11) is 0. The van der Waals surface area contributed by atoms with E-state index in [0.717, 1.165) is 0 Å². The third-order valence-corrected chi connectivity index (χ3v) is 1.15. The molecule has 0 aliphatic carbocycles. The topological polar surface area (TPSA) is 79.4 Å². The van der Waals surface area contributed by atoms with Crippen molar-refractivity contribution in [3.05, 3.63) is 23.9 Å². The maximum atomic E-state index is 8.64. The fourth-order valence-electron chi connectivity index (χ4n) is 0.648. The van der Waals surface area contributed by atoms with Crippen LogP contribution in [0.3, 0.4) is 0 Å². The molecule has 0 bridgehead atoms. The van der Waals surface area contributed by atoms with Crippen LogP contribution < -0.4 is 5.73 Å². The molecule has 54 valence electrons. The molecule has 4 heteroatoms. The molecule has 10 heavy (non-hydrogen) atoms. The van der Waals surface area contributed by atoms with Gasteiger partial charge >= 0.3 is 0 Å². The third-order valence-electron chi connectivity index (χ3n) is 1.15. The fourth-order valence-corrected chi connectivity index (χ4v) is 0.648. The Morgan fingerprint density at radius 2 is 2.20 bits per heavy atom. The number of anilines is 1. The first-order chi connectivity index (χ1) is 4.72. The highest BCUT2D eigenvalue weighted by atomic mass is 16.5. The molecule has 0 aromatic carbocycles. The maximum absolute atomic E-state index is 8.64. The van der Waals surface area contributed by atoms with Crippen molar-refractivity contribution in [1.29, 1.82) is 0 Å². The molecule has 0 spiro atoms. The number of pyridine rings is 1. The minimum absolute atomic E-state index is 0.150. The second-order valence-corrected chi connectivity index (χ2v) is 1.85. The van der Waals surface area contributed by atoms with Crippen molar-refractivity contribution in [3.63, 3.8) is 0 Å². The minimum Gasteiger partial charge on any atom is -0.383 e. The molecule has 0 fully saturated rings. The van der Waals surface area contributed by atoms with Crippen LogP contribution >= 0.6 is 0 Å². The van der Waals surface area contributed by atoms with Gasteiger partial charge in [-0.05, 0) is 12.1 Å². The number of nitrogens with two attached hydrogens (primary N) is 1. The summed E-state index contributed by atoms with van der Waals surface area (Å²) in [5.41, 5.74) is 5.53. The summed E-state index contributed by atoms with van der Waals surface area (Å²) in [6, 6.07) is 3.10. The van der Waals surface area contributed by atoms with Crippen LogP contribution in [-0.2, 0) is 0 Å². The van der Waals surface area contributed by atoms with Gasteiger partial charge in [-0.2, -0.15) is 0 Å². The van der Waals surface area contributed by atoms with E-state index in [0.29, 0.717) is 0 Å². The predicted octanol–water partition coefficient (Wildman–Crippen LogP) is -0.353. The maximum Gasteiger partial charge on any atom is 0.182 e. The monoisotopic (exact) mass is 140 g/mol. The van der Waals surface area contributed by atoms with Gasteiger partial charge in [-0.25, -0.2) is 4.98 Å². The lowest BCUT2D eigenvalue weighted by molar-refractivity contribution is -0.0420. The number of aliphatic hydroxyl groups is 2. The van der Waals surface area contributed by atoms with Crippen LogP contribution in [0, 0.1) is 0 Å². The first-order valence-electron chi connectivity index (χ1n) is 2.78. The Hall–Kier alpha value is -1.13. The van der Waals surface area contributed by atoms with Gasteiger partial charge in [-0.15, -0.1) is 0 Å². The lowest BCUT2D eigenvalue weighted by atomic mass is 10.2. The second kappa shape index (κ2) is 2.64. The molecule has 0 unspecified atom stereocenters. The quantitative estimate of drug-likeness (QED) is 0.466. The summed E-state index contributed by atoms with van der Waals surface area (Å²) in [5, 5.41) is 17.3. The first-order valence-corrected chi connectivity index (χ1v) is 2.78. The Morgan fingerprint density at radius 1 is 1.50 bits per heavy atom. The number of hydrogen-bond donors (Lipinski definition) is 3. The number of nitrogen functional groups attached to an aromatic ring is 1. The summed E-state index contributed by atoms with van der Waals surface area (Å²) in [6.45, 7) is 0. The lowest BCUT2D eigenvalue weighted by Crippen LogP contribution is -2.01. The van der Waals surface area contributed by atoms with E-state index in [-0.39, 0.29) is 11.4 Å². The van der Waals surface area contributed by atoms with Gasteiger partial charge < -0.3 is 15.9 Å². The molecule has 0 saturated carbocycles.